The summed E-state index contributed by atoms with van der Waals surface area (Å²) in [5.74, 6) is -0.508. The van der Waals surface area contributed by atoms with Crippen LogP contribution in [0, 0.1) is 18.7 Å². The molecule has 43 heavy (non-hydrogen) atoms. The van der Waals surface area contributed by atoms with Crippen LogP contribution in [0.2, 0.25) is 5.02 Å². The van der Waals surface area contributed by atoms with Gasteiger partial charge in [0.2, 0.25) is 5.91 Å². The van der Waals surface area contributed by atoms with Crippen LogP contribution in [-0.4, -0.2) is 42.0 Å². The van der Waals surface area contributed by atoms with Gasteiger partial charge in [-0.3, -0.25) is 9.59 Å². The number of carbonyl (C=O) groups is 2. The number of methoxy groups -OCH3 is 1. The molecule has 0 radical (unpaired) electrons. The Kier molecular flexibility index (Phi) is 7.54. The van der Waals surface area contributed by atoms with Crippen LogP contribution >= 0.6 is 27.5 Å². The van der Waals surface area contributed by atoms with E-state index in [1.54, 1.807) is 26.2 Å². The number of pyridine rings is 2. The van der Waals surface area contributed by atoms with Crippen molar-refractivity contribution in [2.24, 2.45) is 11.7 Å². The normalized spacial score (nSPS) is 18.2. The number of nitrogens with two attached hydrogens (primary N) is 1. The zero-order chi connectivity index (χ0) is 30.6. The third kappa shape index (κ3) is 5.31. The number of carbonyl (C=O) groups excluding carboxylic acids is 2. The number of hydrogen-bond acceptors (Lipinski definition) is 6. The molecular weight excluding hydrogens is 639 g/mol. The smallest absolute Gasteiger partial charge is 0.251 e. The number of ether oxygens (including phenoxy) is 2. The van der Waals surface area contributed by atoms with Gasteiger partial charge in [-0.2, -0.15) is 0 Å². The third-order valence-corrected chi connectivity index (χ3v) is 9.41. The number of halogens is 3. The Hall–Kier alpha value is -3.76. The summed E-state index contributed by atoms with van der Waals surface area (Å²) in [5, 5.41) is 4.17. The molecule has 3 N–H and O–H groups in total. The molecule has 0 saturated heterocycles. The molecule has 1 fully saturated rings. The highest BCUT2D eigenvalue weighted by Gasteiger charge is 2.45. The average molecular weight is 668 g/mol. The number of fused-ring (bicyclic) bond motifs is 2. The minimum atomic E-state index is -1.13. The Morgan fingerprint density at radius 2 is 2.00 bits per heavy atom. The van der Waals surface area contributed by atoms with Gasteiger partial charge in [0, 0.05) is 49.7 Å². The van der Waals surface area contributed by atoms with Gasteiger partial charge in [0.1, 0.15) is 40.5 Å². The summed E-state index contributed by atoms with van der Waals surface area (Å²) in [6.07, 6.45) is 1.90. The van der Waals surface area contributed by atoms with Gasteiger partial charge in [-0.1, -0.05) is 11.6 Å². The Morgan fingerprint density at radius 3 is 2.70 bits per heavy atom. The molecule has 2 aromatic heterocycles. The maximum Gasteiger partial charge on any atom is 0.251 e. The highest BCUT2D eigenvalue weighted by molar-refractivity contribution is 9.10. The predicted octanol–water partition coefficient (Wildman–Crippen LogP) is 6.23. The topological polar surface area (TPSA) is 116 Å². The lowest BCUT2D eigenvalue weighted by molar-refractivity contribution is -0.123. The molecule has 6 rings (SSSR count). The van der Waals surface area contributed by atoms with E-state index in [4.69, 9.17) is 31.8 Å². The van der Waals surface area contributed by atoms with Crippen LogP contribution in [-0.2, 0) is 10.2 Å². The summed E-state index contributed by atoms with van der Waals surface area (Å²) in [4.78, 5) is 35.5. The second-order valence-corrected chi connectivity index (χ2v) is 12.6. The van der Waals surface area contributed by atoms with E-state index in [-0.39, 0.29) is 42.2 Å². The molecule has 8 nitrogen and oxygen atoms in total. The summed E-state index contributed by atoms with van der Waals surface area (Å²) >= 11 is 9.74. The van der Waals surface area contributed by atoms with E-state index in [1.165, 1.54) is 18.2 Å². The van der Waals surface area contributed by atoms with E-state index < -0.39 is 17.1 Å². The molecule has 3 heterocycles. The van der Waals surface area contributed by atoms with Crippen molar-refractivity contribution in [3.05, 3.63) is 80.3 Å². The fourth-order valence-electron chi connectivity index (χ4n) is 5.58. The number of hydrogen-bond donors (Lipinski definition) is 2. The van der Waals surface area contributed by atoms with E-state index in [2.05, 4.69) is 26.2 Å². The summed E-state index contributed by atoms with van der Waals surface area (Å²) < 4.78 is 27.4. The molecule has 2 amide bonds. The number of benzene rings is 2. The van der Waals surface area contributed by atoms with Crippen molar-refractivity contribution in [1.82, 2.24) is 15.3 Å². The van der Waals surface area contributed by atoms with Crippen molar-refractivity contribution in [3.63, 3.8) is 0 Å². The molecule has 222 valence electrons. The molecule has 0 bridgehead atoms. The first-order chi connectivity index (χ1) is 20.5. The van der Waals surface area contributed by atoms with Gasteiger partial charge in [-0.15, -0.1) is 0 Å². The fraction of sp³-hybridized carbons (Fsp3) is 0.312. The lowest BCUT2D eigenvalue weighted by atomic mass is 9.82. The van der Waals surface area contributed by atoms with Crippen LogP contribution in [0.4, 0.5) is 4.39 Å². The fourth-order valence-corrected chi connectivity index (χ4v) is 6.09. The van der Waals surface area contributed by atoms with Gasteiger partial charge >= 0.3 is 0 Å². The lowest BCUT2D eigenvalue weighted by Crippen LogP contribution is -2.40. The van der Waals surface area contributed by atoms with Gasteiger partial charge in [0.25, 0.3) is 5.91 Å². The number of rotatable bonds is 8. The molecule has 0 spiro atoms. The number of nitrogens with one attached hydrogen (secondary N) is 1. The maximum absolute atomic E-state index is 15.1. The molecule has 2 aromatic carbocycles. The van der Waals surface area contributed by atoms with Crippen LogP contribution in [0.3, 0.4) is 0 Å². The minimum absolute atomic E-state index is 0.0110. The van der Waals surface area contributed by atoms with Crippen LogP contribution in [0.5, 0.6) is 11.5 Å². The molecule has 1 saturated carbocycles. The third-order valence-electron chi connectivity index (χ3n) is 8.37. The molecule has 2 atom stereocenters. The highest BCUT2D eigenvalue weighted by Crippen LogP contribution is 2.48. The second kappa shape index (κ2) is 11.1. The number of amides is 2. The number of primary amides is 1. The Balaban J connectivity index is 1.37. The van der Waals surface area contributed by atoms with E-state index >= 15 is 4.39 Å². The highest BCUT2D eigenvalue weighted by atomic mass is 79.9. The monoisotopic (exact) mass is 666 g/mol. The molecule has 1 aliphatic carbocycles. The predicted molar refractivity (Wildman–Crippen MR) is 165 cm³/mol. The Labute approximate surface area is 261 Å². The summed E-state index contributed by atoms with van der Waals surface area (Å²) in [6.45, 7) is 3.88. The van der Waals surface area contributed by atoms with Crippen molar-refractivity contribution in [2.75, 3.05) is 20.3 Å². The van der Waals surface area contributed by atoms with E-state index in [1.807, 2.05) is 19.1 Å². The van der Waals surface area contributed by atoms with Crippen molar-refractivity contribution in [2.45, 2.75) is 38.0 Å². The molecule has 0 unspecified atom stereocenters. The van der Waals surface area contributed by atoms with E-state index in [0.29, 0.717) is 38.9 Å². The van der Waals surface area contributed by atoms with Crippen molar-refractivity contribution >= 4 is 50.2 Å². The first-order valence-corrected chi connectivity index (χ1v) is 15.0. The average Bonchev–Trinajstić information content (AvgIpc) is 3.76. The molecular formula is C32H29BrClFN4O4. The minimum Gasteiger partial charge on any atom is -0.494 e. The zero-order valence-corrected chi connectivity index (χ0v) is 26.1. The Morgan fingerprint density at radius 1 is 1.23 bits per heavy atom. The first-order valence-electron chi connectivity index (χ1n) is 13.9. The van der Waals surface area contributed by atoms with Crippen LogP contribution in [0.25, 0.3) is 22.2 Å². The van der Waals surface area contributed by atoms with Crippen LogP contribution in [0.15, 0.2) is 46.9 Å². The van der Waals surface area contributed by atoms with E-state index in [9.17, 15) is 9.59 Å². The maximum atomic E-state index is 15.1. The molecule has 4 aromatic rings. The van der Waals surface area contributed by atoms with Crippen LogP contribution < -0.4 is 20.5 Å². The molecule has 11 heteroatoms. The van der Waals surface area contributed by atoms with Gasteiger partial charge in [0.15, 0.2) is 0 Å². The molecule has 1 aliphatic heterocycles. The van der Waals surface area contributed by atoms with Gasteiger partial charge in [0.05, 0.1) is 12.8 Å². The van der Waals surface area contributed by atoms with Gasteiger partial charge < -0.3 is 20.5 Å². The van der Waals surface area contributed by atoms with Gasteiger partial charge in [-0.05, 0) is 91.0 Å². The number of aryl methyl sites for hydroxylation is 1. The first kappa shape index (κ1) is 29.3. The lowest BCUT2D eigenvalue weighted by Gasteiger charge is -2.22. The summed E-state index contributed by atoms with van der Waals surface area (Å²) in [6, 6.07) is 11.4. The quantitative estimate of drug-likeness (QED) is 0.230. The van der Waals surface area contributed by atoms with Crippen molar-refractivity contribution < 1.29 is 23.5 Å². The van der Waals surface area contributed by atoms with E-state index in [0.717, 1.165) is 28.4 Å². The van der Waals surface area contributed by atoms with Crippen molar-refractivity contribution in [1.29, 1.82) is 0 Å². The molecule has 2 aliphatic rings. The number of nitrogens with zero attached hydrogens (tertiary/aromatic N) is 2. The summed E-state index contributed by atoms with van der Waals surface area (Å²) in [7, 11) is 1.54. The number of aromatic nitrogens is 2. The van der Waals surface area contributed by atoms with Gasteiger partial charge in [-0.25, -0.2) is 14.4 Å². The second-order valence-electron chi connectivity index (χ2n) is 11.3. The standard InChI is InChI=1S/C32H29BrClFN4O4/c1-15-23(33)9-17-8-18(10-26(42-3)27(17)38-15)30(40)37-13-21(16-4-5-16)25-12-22-29(43-14-32(22,2)31(36)41)28(39-25)20-11-19(34)6-7-24(20)35/h6-12,16,21H,4-5,13-14H2,1-3H3,(H2,36,41)(H,37,40)/t21-,32-/m0/s1. The van der Waals surface area contributed by atoms with Crippen LogP contribution in [0.1, 0.15) is 53.0 Å². The zero-order valence-electron chi connectivity index (χ0n) is 23.8. The summed E-state index contributed by atoms with van der Waals surface area (Å²) in [5.41, 5.74) is 8.18. The SMILES string of the molecule is COc1cc(C(=O)NC[C@H](c2cc3c(c(-c4cc(Cl)ccc4F)n2)OC[C@]3(C)C(N)=O)C2CC2)cc2cc(Br)c(C)nc12. The largest absolute Gasteiger partial charge is 0.494 e. The van der Waals surface area contributed by atoms with Crippen molar-refractivity contribution in [3.8, 4) is 22.8 Å². The Bertz CT molecular complexity index is 1810.